The monoisotopic (exact) mass is 649 g/mol. The molecule has 1 atom stereocenters. The van der Waals surface area contributed by atoms with Crippen LogP contribution in [-0.2, 0) is 9.53 Å². The number of hydrogen-bond acceptors (Lipinski definition) is 8. The van der Waals surface area contributed by atoms with E-state index in [1.165, 1.54) is 17.0 Å². The summed E-state index contributed by atoms with van der Waals surface area (Å²) in [6.45, 7) is 5.21. The van der Waals surface area contributed by atoms with E-state index < -0.39 is 11.5 Å². The van der Waals surface area contributed by atoms with Crippen molar-refractivity contribution >= 4 is 60.6 Å². The first-order valence-corrected chi connectivity index (χ1v) is 13.5. The highest BCUT2D eigenvalue weighted by Crippen LogP contribution is 2.34. The Kier molecular flexibility index (Phi) is 8.90. The minimum atomic E-state index is -0.595. The minimum absolute atomic E-state index is 0.0911. The van der Waals surface area contributed by atoms with E-state index >= 15 is 0 Å². The predicted octanol–water partition coefficient (Wildman–Crippen LogP) is 4.46. The molecule has 1 fully saturated rings. The van der Waals surface area contributed by atoms with Crippen LogP contribution in [-0.4, -0.2) is 64.5 Å². The molecule has 13 heteroatoms. The van der Waals surface area contributed by atoms with Crippen LogP contribution < -0.4 is 10.3 Å². The number of carbonyl (C=O) groups excluding carboxylic acids is 1. The van der Waals surface area contributed by atoms with Crippen molar-refractivity contribution in [2.24, 2.45) is 5.10 Å². The molecule has 1 saturated heterocycles. The highest BCUT2D eigenvalue weighted by molar-refractivity contribution is 9.10. The zero-order valence-corrected chi connectivity index (χ0v) is 23.9. The average molecular weight is 651 g/mol. The molecule has 0 radical (unpaired) electrons. The maximum Gasteiger partial charge on any atom is 0.312 e. The molecule has 0 aliphatic carbocycles. The fourth-order valence-corrected chi connectivity index (χ4v) is 4.75. The van der Waals surface area contributed by atoms with Gasteiger partial charge < -0.3 is 14.4 Å². The maximum absolute atomic E-state index is 13.4. The van der Waals surface area contributed by atoms with Crippen LogP contribution in [0, 0.1) is 10.1 Å². The van der Waals surface area contributed by atoms with Crippen LogP contribution in [0.25, 0.3) is 10.9 Å². The Morgan fingerprint density at radius 2 is 2.00 bits per heavy atom. The summed E-state index contributed by atoms with van der Waals surface area (Å²) >= 11 is 6.68. The van der Waals surface area contributed by atoms with Gasteiger partial charge in [-0.1, -0.05) is 45.7 Å². The lowest BCUT2D eigenvalue weighted by Gasteiger charge is -2.26. The van der Waals surface area contributed by atoms with Gasteiger partial charge in [-0.2, -0.15) is 9.78 Å². The van der Waals surface area contributed by atoms with Gasteiger partial charge in [0.15, 0.2) is 6.61 Å². The molecule has 1 aliphatic heterocycles. The Balaban J connectivity index is 1.77. The number of ether oxygens (including phenoxy) is 2. The van der Waals surface area contributed by atoms with Crippen molar-refractivity contribution in [2.45, 2.75) is 26.2 Å². The van der Waals surface area contributed by atoms with Gasteiger partial charge in [-0.05, 0) is 30.7 Å². The van der Waals surface area contributed by atoms with E-state index in [0.717, 1.165) is 4.47 Å². The maximum atomic E-state index is 13.4. The molecule has 4 rings (SSSR count). The van der Waals surface area contributed by atoms with Crippen molar-refractivity contribution in [2.75, 3.05) is 32.9 Å². The first-order chi connectivity index (χ1) is 18.2. The molecule has 2 aromatic carbocycles. The van der Waals surface area contributed by atoms with Gasteiger partial charge in [0.05, 0.1) is 35.3 Å². The lowest BCUT2D eigenvalue weighted by atomic mass is 10.1. The van der Waals surface area contributed by atoms with Crippen molar-refractivity contribution in [1.29, 1.82) is 0 Å². The van der Waals surface area contributed by atoms with Crippen molar-refractivity contribution in [3.63, 3.8) is 0 Å². The summed E-state index contributed by atoms with van der Waals surface area (Å²) in [6.07, 6.45) is 2.02. The van der Waals surface area contributed by atoms with Gasteiger partial charge in [0.2, 0.25) is 5.75 Å². The van der Waals surface area contributed by atoms with Gasteiger partial charge >= 0.3 is 5.69 Å². The van der Waals surface area contributed by atoms with E-state index in [4.69, 9.17) is 9.47 Å². The zero-order valence-electron chi connectivity index (χ0n) is 20.7. The van der Waals surface area contributed by atoms with E-state index in [-0.39, 0.29) is 34.4 Å². The van der Waals surface area contributed by atoms with E-state index in [0.29, 0.717) is 53.9 Å². The largest absolute Gasteiger partial charge is 0.476 e. The van der Waals surface area contributed by atoms with Gasteiger partial charge in [-0.15, -0.1) is 0 Å². The summed E-state index contributed by atoms with van der Waals surface area (Å²) in [4.78, 5) is 43.6. The third-order valence-electron chi connectivity index (χ3n) is 6.16. The number of morpholine rings is 1. The summed E-state index contributed by atoms with van der Waals surface area (Å²) in [7, 11) is 0. The Morgan fingerprint density at radius 3 is 2.68 bits per heavy atom. The van der Waals surface area contributed by atoms with Crippen molar-refractivity contribution < 1.29 is 19.2 Å². The normalized spacial score (nSPS) is 14.7. The molecule has 11 nitrogen and oxygen atoms in total. The lowest BCUT2D eigenvalue weighted by molar-refractivity contribution is -0.385. The highest BCUT2D eigenvalue weighted by atomic mass is 79.9. The van der Waals surface area contributed by atoms with Crippen molar-refractivity contribution in [1.82, 2.24) is 14.6 Å². The third kappa shape index (κ3) is 6.11. The van der Waals surface area contributed by atoms with Crippen LogP contribution in [0.5, 0.6) is 5.75 Å². The number of nitro groups is 1. The Hall–Kier alpha value is -3.16. The Morgan fingerprint density at radius 1 is 1.26 bits per heavy atom. The average Bonchev–Trinajstić information content (AvgIpc) is 2.91. The van der Waals surface area contributed by atoms with Crippen molar-refractivity contribution in [3.8, 4) is 5.75 Å². The van der Waals surface area contributed by atoms with Crippen LogP contribution in [0.15, 0.2) is 49.2 Å². The molecule has 0 saturated carbocycles. The number of amides is 1. The van der Waals surface area contributed by atoms with E-state index in [1.54, 1.807) is 23.1 Å². The summed E-state index contributed by atoms with van der Waals surface area (Å²) in [5, 5.41) is 16.6. The molecule has 0 unspecified atom stereocenters. The molecule has 1 amide bonds. The van der Waals surface area contributed by atoms with Gasteiger partial charge in [-0.25, -0.2) is 4.98 Å². The molecule has 2 heterocycles. The summed E-state index contributed by atoms with van der Waals surface area (Å²) in [5.74, 6) is -0.0733. The van der Waals surface area contributed by atoms with E-state index in [1.807, 2.05) is 19.9 Å². The Bertz CT molecular complexity index is 1470. The van der Waals surface area contributed by atoms with Crippen LogP contribution >= 0.6 is 31.9 Å². The molecule has 200 valence electrons. The zero-order chi connectivity index (χ0) is 27.4. The molecule has 0 N–H and O–H groups in total. The number of aromatic nitrogens is 2. The number of rotatable bonds is 8. The summed E-state index contributed by atoms with van der Waals surface area (Å²) in [5.41, 5.74) is 0.0452. The van der Waals surface area contributed by atoms with Crippen LogP contribution in [0.3, 0.4) is 0 Å². The van der Waals surface area contributed by atoms with Gasteiger partial charge in [0, 0.05) is 39.6 Å². The second kappa shape index (κ2) is 12.1. The summed E-state index contributed by atoms with van der Waals surface area (Å²) in [6, 6.07) is 8.11. The number of nitro benzene ring substituents is 1. The number of halogens is 2. The van der Waals surface area contributed by atoms with Gasteiger partial charge in [-0.3, -0.25) is 19.7 Å². The quantitative estimate of drug-likeness (QED) is 0.200. The molecule has 0 bridgehead atoms. The van der Waals surface area contributed by atoms with E-state index in [2.05, 4.69) is 41.9 Å². The van der Waals surface area contributed by atoms with Crippen molar-refractivity contribution in [3.05, 3.63) is 71.1 Å². The molecular formula is C25H25Br2N5O6. The SMILES string of the molecule is CC[C@@H](C)c1nc2ccc(Br)cc2c(=O)n1N=Cc1cc(Br)cc([N+](=O)[O-])c1OCC(=O)N1CCOCC1. The van der Waals surface area contributed by atoms with E-state index in [9.17, 15) is 19.7 Å². The standard InChI is InChI=1S/C25H25Br2N5O6/c1-3-15(2)24-29-20-5-4-17(26)11-19(20)25(34)31(24)28-13-16-10-18(27)12-21(32(35)36)23(16)38-14-22(33)30-6-8-37-9-7-30/h4-5,10-13,15H,3,6-9,14H2,1-2H3/t15-/m1/s1. The van der Waals surface area contributed by atoms with Crippen LogP contribution in [0.1, 0.15) is 37.6 Å². The number of fused-ring (bicyclic) bond motifs is 1. The fraction of sp³-hybridized carbons (Fsp3) is 0.360. The summed E-state index contributed by atoms with van der Waals surface area (Å²) < 4.78 is 13.3. The smallest absolute Gasteiger partial charge is 0.312 e. The number of hydrogen-bond donors (Lipinski definition) is 0. The minimum Gasteiger partial charge on any atom is -0.476 e. The number of carbonyl (C=O) groups is 1. The molecule has 38 heavy (non-hydrogen) atoms. The highest BCUT2D eigenvalue weighted by Gasteiger charge is 2.24. The topological polar surface area (TPSA) is 129 Å². The second-order valence-electron chi connectivity index (χ2n) is 8.68. The molecule has 1 aliphatic rings. The number of nitrogens with zero attached hydrogens (tertiary/aromatic N) is 5. The molecule has 1 aromatic heterocycles. The van der Waals surface area contributed by atoms with Gasteiger partial charge in [0.25, 0.3) is 11.5 Å². The first-order valence-electron chi connectivity index (χ1n) is 11.9. The number of benzene rings is 2. The molecular weight excluding hydrogens is 626 g/mol. The fourth-order valence-electron chi connectivity index (χ4n) is 3.93. The second-order valence-corrected chi connectivity index (χ2v) is 10.5. The molecule has 3 aromatic rings. The molecule has 0 spiro atoms. The van der Waals surface area contributed by atoms with Crippen LogP contribution in [0.4, 0.5) is 5.69 Å². The van der Waals surface area contributed by atoms with Gasteiger partial charge in [0.1, 0.15) is 5.82 Å². The Labute approximate surface area is 234 Å². The third-order valence-corrected chi connectivity index (χ3v) is 7.11. The predicted molar refractivity (Wildman–Crippen MR) is 149 cm³/mol. The first kappa shape index (κ1) is 27.9. The van der Waals surface area contributed by atoms with Crippen LogP contribution in [0.2, 0.25) is 0 Å². The lowest BCUT2D eigenvalue weighted by Crippen LogP contribution is -2.43.